The Labute approximate surface area is 246 Å². The summed E-state index contributed by atoms with van der Waals surface area (Å²) < 4.78 is 6.47. The lowest BCUT2D eigenvalue weighted by molar-refractivity contribution is 0.673. The first kappa shape index (κ1) is 23.8. The van der Waals surface area contributed by atoms with E-state index in [1.807, 2.05) is 42.5 Å². The Bertz CT molecular complexity index is 2510. The van der Waals surface area contributed by atoms with Gasteiger partial charge in [-0.25, -0.2) is 15.0 Å². The molecule has 0 saturated carbocycles. The summed E-state index contributed by atoms with van der Waals surface area (Å²) in [5.74, 6) is 1.93. The topological polar surface area (TPSA) is 51.8 Å². The second-order valence-electron chi connectivity index (χ2n) is 10.8. The number of para-hydroxylation sites is 1. The van der Waals surface area contributed by atoms with Crippen LogP contribution in [0, 0.1) is 0 Å². The fourth-order valence-corrected chi connectivity index (χ4v) is 6.30. The number of hydrogen-bond acceptors (Lipinski definition) is 4. The van der Waals surface area contributed by atoms with Gasteiger partial charge in [-0.05, 0) is 45.1 Å². The van der Waals surface area contributed by atoms with Gasteiger partial charge in [0.25, 0.3) is 0 Å². The molecule has 9 rings (SSSR count). The summed E-state index contributed by atoms with van der Waals surface area (Å²) in [6, 6.07) is 48.0. The minimum atomic E-state index is 0.632. The largest absolute Gasteiger partial charge is 0.455 e. The molecule has 0 aliphatic heterocycles. The normalized spacial score (nSPS) is 11.7. The molecule has 9 aromatic rings. The molecular formula is C39H23N3O. The van der Waals surface area contributed by atoms with Gasteiger partial charge in [-0.2, -0.15) is 0 Å². The molecule has 4 nitrogen and oxygen atoms in total. The molecule has 0 aliphatic rings. The smallest absolute Gasteiger partial charge is 0.164 e. The van der Waals surface area contributed by atoms with Crippen LogP contribution in [0.1, 0.15) is 0 Å². The molecule has 0 saturated heterocycles. The lowest BCUT2D eigenvalue weighted by atomic mass is 9.95. The predicted octanol–water partition coefficient (Wildman–Crippen LogP) is 10.2. The summed E-state index contributed by atoms with van der Waals surface area (Å²) in [4.78, 5) is 15.1. The molecule has 7 aromatic carbocycles. The van der Waals surface area contributed by atoms with Crippen molar-refractivity contribution in [3.63, 3.8) is 0 Å². The van der Waals surface area contributed by atoms with Gasteiger partial charge in [0.2, 0.25) is 0 Å². The van der Waals surface area contributed by atoms with Crippen molar-refractivity contribution in [1.29, 1.82) is 0 Å². The van der Waals surface area contributed by atoms with Crippen LogP contribution in [0.15, 0.2) is 144 Å². The Morgan fingerprint density at radius 2 is 1.05 bits per heavy atom. The van der Waals surface area contributed by atoms with E-state index >= 15 is 0 Å². The zero-order valence-corrected chi connectivity index (χ0v) is 23.0. The highest BCUT2D eigenvalue weighted by molar-refractivity contribution is 6.30. The third-order valence-electron chi connectivity index (χ3n) is 8.30. The summed E-state index contributed by atoms with van der Waals surface area (Å²) in [5.41, 5.74) is 4.65. The quantitative estimate of drug-likeness (QED) is 0.206. The van der Waals surface area contributed by atoms with Crippen molar-refractivity contribution in [2.75, 3.05) is 0 Å². The first-order valence-corrected chi connectivity index (χ1v) is 14.4. The SMILES string of the molecule is c1ccc(-c2nc(-c3ccc4c(c3)c3ccccc3c3c5ccccc5oc43)nc(-c3cccc4ccccc34)n2)cc1. The number of fused-ring (bicyclic) bond motifs is 9. The van der Waals surface area contributed by atoms with Gasteiger partial charge in [0.05, 0.1) is 0 Å². The van der Waals surface area contributed by atoms with Gasteiger partial charge in [0.1, 0.15) is 11.2 Å². The molecule has 0 atom stereocenters. The highest BCUT2D eigenvalue weighted by Gasteiger charge is 2.18. The van der Waals surface area contributed by atoms with Crippen molar-refractivity contribution in [2.24, 2.45) is 0 Å². The van der Waals surface area contributed by atoms with E-state index in [4.69, 9.17) is 19.4 Å². The summed E-state index contributed by atoms with van der Waals surface area (Å²) >= 11 is 0. The number of furan rings is 1. The van der Waals surface area contributed by atoms with E-state index in [2.05, 4.69) is 97.1 Å². The lowest BCUT2D eigenvalue weighted by Gasteiger charge is -2.12. The fourth-order valence-electron chi connectivity index (χ4n) is 6.30. The van der Waals surface area contributed by atoms with Crippen LogP contribution < -0.4 is 0 Å². The molecule has 0 aliphatic carbocycles. The molecule has 0 bridgehead atoms. The molecule has 200 valence electrons. The van der Waals surface area contributed by atoms with E-state index in [1.54, 1.807) is 0 Å². The van der Waals surface area contributed by atoms with Gasteiger partial charge >= 0.3 is 0 Å². The summed E-state index contributed by atoms with van der Waals surface area (Å²) in [6.07, 6.45) is 0. The van der Waals surface area contributed by atoms with Crippen LogP contribution >= 0.6 is 0 Å². The minimum Gasteiger partial charge on any atom is -0.455 e. The molecular weight excluding hydrogens is 526 g/mol. The highest BCUT2D eigenvalue weighted by Crippen LogP contribution is 2.42. The second-order valence-corrected chi connectivity index (χ2v) is 10.8. The van der Waals surface area contributed by atoms with Crippen molar-refractivity contribution >= 4 is 54.3 Å². The average molecular weight is 550 g/mol. The van der Waals surface area contributed by atoms with Crippen molar-refractivity contribution in [3.8, 4) is 34.2 Å². The maximum absolute atomic E-state index is 6.47. The molecule has 0 amide bonds. The highest BCUT2D eigenvalue weighted by atomic mass is 16.3. The van der Waals surface area contributed by atoms with Crippen molar-refractivity contribution in [2.45, 2.75) is 0 Å². The molecule has 2 aromatic heterocycles. The molecule has 0 N–H and O–H groups in total. The van der Waals surface area contributed by atoms with E-state index in [1.165, 1.54) is 10.8 Å². The van der Waals surface area contributed by atoms with Crippen LogP contribution in [-0.2, 0) is 0 Å². The van der Waals surface area contributed by atoms with Gasteiger partial charge < -0.3 is 4.42 Å². The predicted molar refractivity (Wildman–Crippen MR) is 176 cm³/mol. The second kappa shape index (κ2) is 9.33. The summed E-state index contributed by atoms with van der Waals surface area (Å²) in [6.45, 7) is 0. The average Bonchev–Trinajstić information content (AvgIpc) is 3.48. The van der Waals surface area contributed by atoms with E-state index in [0.29, 0.717) is 17.5 Å². The fraction of sp³-hybridized carbons (Fsp3) is 0. The van der Waals surface area contributed by atoms with E-state index in [0.717, 1.165) is 60.2 Å². The minimum absolute atomic E-state index is 0.632. The van der Waals surface area contributed by atoms with Crippen LogP contribution in [-0.4, -0.2) is 15.0 Å². The Balaban J connectivity index is 1.33. The first-order chi connectivity index (χ1) is 21.3. The first-order valence-electron chi connectivity index (χ1n) is 14.4. The van der Waals surface area contributed by atoms with Gasteiger partial charge in [0.15, 0.2) is 17.5 Å². The van der Waals surface area contributed by atoms with E-state index < -0.39 is 0 Å². The number of nitrogens with zero attached hydrogens (tertiary/aromatic N) is 3. The number of aromatic nitrogens is 3. The number of rotatable bonds is 3. The van der Waals surface area contributed by atoms with Crippen LogP contribution in [0.4, 0.5) is 0 Å². The maximum atomic E-state index is 6.47. The van der Waals surface area contributed by atoms with Crippen LogP contribution in [0.5, 0.6) is 0 Å². The van der Waals surface area contributed by atoms with Crippen molar-refractivity contribution in [3.05, 3.63) is 140 Å². The van der Waals surface area contributed by atoms with E-state index in [9.17, 15) is 0 Å². The molecule has 0 fully saturated rings. The van der Waals surface area contributed by atoms with Gasteiger partial charge in [0, 0.05) is 32.8 Å². The monoisotopic (exact) mass is 549 g/mol. The molecule has 4 heteroatoms. The zero-order valence-electron chi connectivity index (χ0n) is 23.0. The molecule has 2 heterocycles. The standard InChI is InChI=1S/C39H23N3O/c1-2-12-25(13-3-1)37-40-38(42-39(41-37)31-19-10-14-24-11-4-5-15-27(24)31)26-21-22-30-33(23-26)28-16-6-7-17-29(28)35-32-18-8-9-20-34(32)43-36(30)35/h1-23H. The Morgan fingerprint density at radius 1 is 0.395 bits per heavy atom. The third-order valence-corrected chi connectivity index (χ3v) is 8.30. The lowest BCUT2D eigenvalue weighted by Crippen LogP contribution is -2.00. The Hall–Kier alpha value is -5.87. The molecule has 0 radical (unpaired) electrons. The summed E-state index contributed by atoms with van der Waals surface area (Å²) in [5, 5.41) is 9.05. The maximum Gasteiger partial charge on any atom is 0.164 e. The zero-order chi connectivity index (χ0) is 28.3. The third kappa shape index (κ3) is 3.74. The van der Waals surface area contributed by atoms with Crippen molar-refractivity contribution in [1.82, 2.24) is 15.0 Å². The van der Waals surface area contributed by atoms with Crippen LogP contribution in [0.3, 0.4) is 0 Å². The van der Waals surface area contributed by atoms with E-state index in [-0.39, 0.29) is 0 Å². The Morgan fingerprint density at radius 3 is 1.91 bits per heavy atom. The molecule has 0 spiro atoms. The number of hydrogen-bond donors (Lipinski definition) is 0. The van der Waals surface area contributed by atoms with Crippen molar-refractivity contribution < 1.29 is 4.42 Å². The number of benzene rings is 7. The molecule has 0 unspecified atom stereocenters. The van der Waals surface area contributed by atoms with Gasteiger partial charge in [-0.3, -0.25) is 0 Å². The van der Waals surface area contributed by atoms with Crippen LogP contribution in [0.25, 0.3) is 88.4 Å². The van der Waals surface area contributed by atoms with Gasteiger partial charge in [-0.1, -0.05) is 121 Å². The van der Waals surface area contributed by atoms with Crippen LogP contribution in [0.2, 0.25) is 0 Å². The van der Waals surface area contributed by atoms with Gasteiger partial charge in [-0.15, -0.1) is 0 Å². The molecule has 43 heavy (non-hydrogen) atoms. The Kier molecular flexibility index (Phi) is 5.16. The summed E-state index contributed by atoms with van der Waals surface area (Å²) in [7, 11) is 0.